The quantitative estimate of drug-likeness (QED) is 0.588. The fourth-order valence-corrected chi connectivity index (χ4v) is 4.70. The predicted octanol–water partition coefficient (Wildman–Crippen LogP) is 4.29. The summed E-state index contributed by atoms with van der Waals surface area (Å²) in [6, 6.07) is 13.6. The van der Waals surface area contributed by atoms with Gasteiger partial charge in [0, 0.05) is 16.6 Å². The average molecular weight is 443 g/mol. The van der Waals surface area contributed by atoms with Gasteiger partial charge in [-0.15, -0.1) is 0 Å². The number of hydrogen-bond acceptors (Lipinski definition) is 3. The van der Waals surface area contributed by atoms with E-state index in [4.69, 9.17) is 23.2 Å². The maximum Gasteiger partial charge on any atom is 0.243 e. The van der Waals surface area contributed by atoms with Crippen molar-refractivity contribution in [2.75, 3.05) is 17.1 Å². The second-order valence-electron chi connectivity index (χ2n) is 6.49. The highest BCUT2D eigenvalue weighted by Gasteiger charge is 2.31. The van der Waals surface area contributed by atoms with Crippen LogP contribution < -0.4 is 9.62 Å². The van der Waals surface area contributed by atoms with Crippen molar-refractivity contribution in [3.05, 3.63) is 64.1 Å². The molecule has 2 aromatic carbocycles. The van der Waals surface area contributed by atoms with Gasteiger partial charge >= 0.3 is 0 Å². The molecule has 0 aliphatic heterocycles. The number of sulfonamides is 1. The first-order chi connectivity index (χ1) is 13.2. The molecule has 1 amide bonds. The van der Waals surface area contributed by atoms with Crippen molar-refractivity contribution in [1.29, 1.82) is 0 Å². The largest absolute Gasteiger partial charge is 0.354 e. The Morgan fingerprint density at radius 1 is 1.11 bits per heavy atom. The summed E-state index contributed by atoms with van der Waals surface area (Å²) >= 11 is 12.1. The third-order valence-corrected chi connectivity index (χ3v) is 5.83. The van der Waals surface area contributed by atoms with Gasteiger partial charge in [-0.3, -0.25) is 9.10 Å². The molecular formula is C20H24Cl2N2O3S. The van der Waals surface area contributed by atoms with Crippen molar-refractivity contribution >= 4 is 44.8 Å². The first kappa shape index (κ1) is 22.5. The van der Waals surface area contributed by atoms with E-state index in [1.165, 1.54) is 23.8 Å². The molecular weight excluding hydrogens is 419 g/mol. The highest BCUT2D eigenvalue weighted by molar-refractivity contribution is 7.92. The summed E-state index contributed by atoms with van der Waals surface area (Å²) in [5.74, 6) is -0.350. The Kier molecular flexibility index (Phi) is 8.16. The molecule has 0 heterocycles. The van der Waals surface area contributed by atoms with Crippen LogP contribution in [0.5, 0.6) is 0 Å². The van der Waals surface area contributed by atoms with E-state index in [1.54, 1.807) is 6.92 Å². The molecule has 8 heteroatoms. The van der Waals surface area contributed by atoms with Gasteiger partial charge < -0.3 is 5.32 Å². The molecule has 0 aromatic heterocycles. The van der Waals surface area contributed by atoms with Crippen molar-refractivity contribution in [2.24, 2.45) is 0 Å². The lowest BCUT2D eigenvalue weighted by molar-refractivity contribution is -0.122. The third-order valence-electron chi connectivity index (χ3n) is 4.22. The van der Waals surface area contributed by atoms with Crippen LogP contribution in [0.2, 0.25) is 10.0 Å². The van der Waals surface area contributed by atoms with Gasteiger partial charge in [-0.1, -0.05) is 60.5 Å². The van der Waals surface area contributed by atoms with Crippen molar-refractivity contribution in [1.82, 2.24) is 5.32 Å². The van der Waals surface area contributed by atoms with Crippen LogP contribution in [-0.4, -0.2) is 33.2 Å². The number of benzene rings is 2. The molecule has 5 nitrogen and oxygen atoms in total. The van der Waals surface area contributed by atoms with Gasteiger partial charge in [0.1, 0.15) is 6.04 Å². The molecule has 28 heavy (non-hydrogen) atoms. The zero-order chi connectivity index (χ0) is 20.7. The van der Waals surface area contributed by atoms with Gasteiger partial charge in [0.05, 0.1) is 11.9 Å². The second-order valence-corrected chi connectivity index (χ2v) is 9.22. The molecule has 1 N–H and O–H groups in total. The molecule has 2 rings (SSSR count). The monoisotopic (exact) mass is 442 g/mol. The number of rotatable bonds is 9. The van der Waals surface area contributed by atoms with E-state index in [0.29, 0.717) is 23.0 Å². The molecule has 0 saturated carbocycles. The maximum absolute atomic E-state index is 12.7. The van der Waals surface area contributed by atoms with Crippen LogP contribution in [0.3, 0.4) is 0 Å². The lowest BCUT2D eigenvalue weighted by atomic mass is 10.1. The van der Waals surface area contributed by atoms with Crippen molar-refractivity contribution in [2.45, 2.75) is 32.2 Å². The van der Waals surface area contributed by atoms with Crippen LogP contribution in [0, 0.1) is 0 Å². The zero-order valence-electron chi connectivity index (χ0n) is 15.9. The Morgan fingerprint density at radius 2 is 1.71 bits per heavy atom. The standard InChI is InChI=1S/C20H24Cl2N2O3S/c1-3-19(20(25)23-11-7-10-15-8-5-4-6-9-15)24(28(2,26)27)18-13-16(21)12-17(22)14-18/h4-6,8-9,12-14,19H,3,7,10-11H2,1-2H3,(H,23,25)/t19-/m0/s1. The number of amides is 1. The van der Waals surface area contributed by atoms with E-state index in [-0.39, 0.29) is 11.6 Å². The minimum Gasteiger partial charge on any atom is -0.354 e. The number of anilines is 1. The Bertz CT molecular complexity index is 885. The summed E-state index contributed by atoms with van der Waals surface area (Å²) in [5.41, 5.74) is 1.46. The topological polar surface area (TPSA) is 66.5 Å². The molecule has 0 unspecified atom stereocenters. The SMILES string of the molecule is CC[C@@H](C(=O)NCCCc1ccccc1)N(c1cc(Cl)cc(Cl)c1)S(C)(=O)=O. The Hall–Kier alpha value is -1.76. The average Bonchev–Trinajstić information content (AvgIpc) is 2.61. The molecule has 0 aliphatic carbocycles. The van der Waals surface area contributed by atoms with Crippen molar-refractivity contribution in [3.8, 4) is 0 Å². The third kappa shape index (κ3) is 6.40. The van der Waals surface area contributed by atoms with E-state index in [1.807, 2.05) is 30.3 Å². The number of carbonyl (C=O) groups is 1. The number of aryl methyl sites for hydroxylation is 1. The van der Waals surface area contributed by atoms with Gasteiger partial charge in [0.15, 0.2) is 0 Å². The highest BCUT2D eigenvalue weighted by Crippen LogP contribution is 2.29. The molecule has 0 bridgehead atoms. The molecule has 0 spiro atoms. The van der Waals surface area contributed by atoms with E-state index >= 15 is 0 Å². The normalized spacial score (nSPS) is 12.4. The van der Waals surface area contributed by atoms with Gasteiger partial charge in [0.25, 0.3) is 0 Å². The highest BCUT2D eigenvalue weighted by atomic mass is 35.5. The molecule has 0 aliphatic rings. The Morgan fingerprint density at radius 3 is 2.25 bits per heavy atom. The van der Waals surface area contributed by atoms with Crippen LogP contribution in [0.1, 0.15) is 25.3 Å². The first-order valence-corrected chi connectivity index (χ1v) is 11.6. The summed E-state index contributed by atoms with van der Waals surface area (Å²) < 4.78 is 25.9. The Balaban J connectivity index is 2.11. The lowest BCUT2D eigenvalue weighted by Gasteiger charge is -2.30. The number of nitrogens with zero attached hydrogens (tertiary/aromatic N) is 1. The molecule has 0 saturated heterocycles. The number of hydrogen-bond donors (Lipinski definition) is 1. The first-order valence-electron chi connectivity index (χ1n) is 8.99. The van der Waals surface area contributed by atoms with Crippen molar-refractivity contribution in [3.63, 3.8) is 0 Å². The molecule has 0 fully saturated rings. The summed E-state index contributed by atoms with van der Waals surface area (Å²) in [7, 11) is -3.73. The molecule has 0 radical (unpaired) electrons. The number of carbonyl (C=O) groups excluding carboxylic acids is 1. The molecule has 152 valence electrons. The number of halogens is 2. The van der Waals surface area contributed by atoms with Crippen LogP contribution in [0.4, 0.5) is 5.69 Å². The van der Waals surface area contributed by atoms with E-state index in [9.17, 15) is 13.2 Å². The fourth-order valence-electron chi connectivity index (χ4n) is 2.99. The summed E-state index contributed by atoms with van der Waals surface area (Å²) in [6.07, 6.45) is 2.96. The minimum atomic E-state index is -3.73. The number of nitrogens with one attached hydrogen (secondary N) is 1. The van der Waals surface area contributed by atoms with Crippen LogP contribution in [-0.2, 0) is 21.2 Å². The molecule has 2 aromatic rings. The fraction of sp³-hybridized carbons (Fsp3) is 0.350. The van der Waals surface area contributed by atoms with E-state index < -0.39 is 16.1 Å². The van der Waals surface area contributed by atoms with Gasteiger partial charge in [-0.05, 0) is 43.0 Å². The van der Waals surface area contributed by atoms with Crippen molar-refractivity contribution < 1.29 is 13.2 Å². The van der Waals surface area contributed by atoms with Crippen LogP contribution >= 0.6 is 23.2 Å². The lowest BCUT2D eigenvalue weighted by Crippen LogP contribution is -2.49. The second kappa shape index (κ2) is 10.1. The zero-order valence-corrected chi connectivity index (χ0v) is 18.2. The predicted molar refractivity (Wildman–Crippen MR) is 116 cm³/mol. The van der Waals surface area contributed by atoms with E-state index in [2.05, 4.69) is 5.32 Å². The summed E-state index contributed by atoms with van der Waals surface area (Å²) in [4.78, 5) is 12.7. The maximum atomic E-state index is 12.7. The van der Waals surface area contributed by atoms with E-state index in [0.717, 1.165) is 23.4 Å². The van der Waals surface area contributed by atoms with Gasteiger partial charge in [0.2, 0.25) is 15.9 Å². The summed E-state index contributed by atoms with van der Waals surface area (Å²) in [5, 5.41) is 3.44. The minimum absolute atomic E-state index is 0.270. The molecule has 1 atom stereocenters. The van der Waals surface area contributed by atoms with Gasteiger partial charge in [-0.2, -0.15) is 0 Å². The smallest absolute Gasteiger partial charge is 0.243 e. The summed E-state index contributed by atoms with van der Waals surface area (Å²) in [6.45, 7) is 2.22. The van der Waals surface area contributed by atoms with Crippen LogP contribution in [0.15, 0.2) is 48.5 Å². The van der Waals surface area contributed by atoms with Crippen LogP contribution in [0.25, 0.3) is 0 Å². The Labute approximate surface area is 176 Å². The van der Waals surface area contributed by atoms with Gasteiger partial charge in [-0.25, -0.2) is 8.42 Å².